The van der Waals surface area contributed by atoms with E-state index in [0.717, 1.165) is 36.2 Å². The van der Waals surface area contributed by atoms with Gasteiger partial charge in [-0.3, -0.25) is 4.99 Å². The monoisotopic (exact) mass is 437 g/mol. The average molecular weight is 438 g/mol. The molecule has 3 nitrogen and oxygen atoms in total. The second-order valence-electron chi connectivity index (χ2n) is 5.56. The van der Waals surface area contributed by atoms with Crippen LogP contribution in [0.4, 0.5) is 0 Å². The topological polar surface area (TPSA) is 41.6 Å². The summed E-state index contributed by atoms with van der Waals surface area (Å²) in [5.74, 6) is 3.02. The van der Waals surface area contributed by atoms with Crippen molar-refractivity contribution in [2.24, 2.45) is 10.7 Å². The Balaban J connectivity index is 0.00000161. The summed E-state index contributed by atoms with van der Waals surface area (Å²) in [6.45, 7) is 2.84. The number of aliphatic imine (C=N–C) groups is 1. The number of nitrogens with zero attached hydrogens (tertiary/aromatic N) is 2. The van der Waals surface area contributed by atoms with E-state index in [1.807, 2.05) is 23.9 Å². The smallest absolute Gasteiger partial charge is 0.191 e. The van der Waals surface area contributed by atoms with Crippen molar-refractivity contribution in [2.75, 3.05) is 31.1 Å². The summed E-state index contributed by atoms with van der Waals surface area (Å²) in [7, 11) is 0. The number of hydrogen-bond donors (Lipinski definition) is 1. The summed E-state index contributed by atoms with van der Waals surface area (Å²) in [6.07, 6.45) is 2.39. The van der Waals surface area contributed by atoms with Crippen molar-refractivity contribution in [3.63, 3.8) is 0 Å². The molecule has 1 heterocycles. The van der Waals surface area contributed by atoms with Crippen molar-refractivity contribution in [3.05, 3.63) is 34.9 Å². The highest BCUT2D eigenvalue weighted by molar-refractivity contribution is 14.0. The summed E-state index contributed by atoms with van der Waals surface area (Å²) in [4.78, 5) is 6.86. The van der Waals surface area contributed by atoms with Gasteiger partial charge in [0.05, 0.1) is 6.54 Å². The fraction of sp³-hybridized carbons (Fsp3) is 0.533. The fourth-order valence-corrected chi connectivity index (χ4v) is 3.65. The third kappa shape index (κ3) is 4.20. The van der Waals surface area contributed by atoms with Gasteiger partial charge in [-0.25, -0.2) is 0 Å². The molecule has 1 aliphatic carbocycles. The molecular formula is C15H21ClIN3S. The Labute approximate surface area is 152 Å². The predicted octanol–water partition coefficient (Wildman–Crippen LogP) is 3.35. The molecule has 0 atom stereocenters. The van der Waals surface area contributed by atoms with Gasteiger partial charge in [-0.2, -0.15) is 11.8 Å². The van der Waals surface area contributed by atoms with Gasteiger partial charge in [-0.15, -0.1) is 24.0 Å². The van der Waals surface area contributed by atoms with E-state index in [1.54, 1.807) is 0 Å². The lowest BCUT2D eigenvalue weighted by atomic mass is 9.96. The van der Waals surface area contributed by atoms with E-state index in [9.17, 15) is 0 Å². The van der Waals surface area contributed by atoms with Gasteiger partial charge in [0.15, 0.2) is 5.96 Å². The lowest BCUT2D eigenvalue weighted by Crippen LogP contribution is -2.43. The van der Waals surface area contributed by atoms with Crippen LogP contribution in [0.2, 0.25) is 5.02 Å². The molecular weight excluding hydrogens is 417 g/mol. The first-order chi connectivity index (χ1) is 9.70. The van der Waals surface area contributed by atoms with E-state index >= 15 is 0 Å². The molecule has 0 amide bonds. The Bertz CT molecular complexity index is 496. The van der Waals surface area contributed by atoms with Gasteiger partial charge in [0, 0.05) is 35.0 Å². The summed E-state index contributed by atoms with van der Waals surface area (Å²) < 4.78 is 0. The number of guanidine groups is 1. The minimum atomic E-state index is 0. The van der Waals surface area contributed by atoms with E-state index in [-0.39, 0.29) is 29.4 Å². The fourth-order valence-electron chi connectivity index (χ4n) is 2.62. The van der Waals surface area contributed by atoms with Gasteiger partial charge >= 0.3 is 0 Å². The van der Waals surface area contributed by atoms with E-state index in [1.165, 1.54) is 18.4 Å². The third-order valence-electron chi connectivity index (χ3n) is 4.19. The molecule has 0 aromatic heterocycles. The Morgan fingerprint density at radius 3 is 2.43 bits per heavy atom. The van der Waals surface area contributed by atoms with E-state index in [4.69, 9.17) is 17.3 Å². The summed E-state index contributed by atoms with van der Waals surface area (Å²) in [5, 5.41) is 0.790. The van der Waals surface area contributed by atoms with Gasteiger partial charge < -0.3 is 10.6 Å². The standard InChI is InChI=1S/C15H20ClN3S.HI/c16-13-3-1-12(2-4-13)15(5-6-15)11-18-14(17)19-7-9-20-10-8-19;/h1-4H,5-11H2,(H2,17,18);1H. The zero-order valence-corrected chi connectivity index (χ0v) is 15.8. The van der Waals surface area contributed by atoms with Crippen molar-refractivity contribution >= 4 is 53.3 Å². The Morgan fingerprint density at radius 1 is 1.24 bits per heavy atom. The maximum atomic E-state index is 6.13. The second kappa shape index (κ2) is 7.42. The number of hydrogen-bond acceptors (Lipinski definition) is 2. The van der Waals surface area contributed by atoms with Crippen LogP contribution >= 0.6 is 47.3 Å². The second-order valence-corrected chi connectivity index (χ2v) is 7.22. The number of halogens is 2. The molecule has 1 aromatic rings. The van der Waals surface area contributed by atoms with E-state index in [0.29, 0.717) is 5.96 Å². The molecule has 3 rings (SSSR count). The minimum Gasteiger partial charge on any atom is -0.370 e. The molecule has 1 aliphatic heterocycles. The Morgan fingerprint density at radius 2 is 1.86 bits per heavy atom. The van der Waals surface area contributed by atoms with Crippen LogP contribution in [0.15, 0.2) is 29.3 Å². The zero-order valence-electron chi connectivity index (χ0n) is 11.9. The normalized spacial score (nSPS) is 20.8. The lowest BCUT2D eigenvalue weighted by molar-refractivity contribution is 0.454. The first kappa shape index (κ1) is 17.2. The van der Waals surface area contributed by atoms with Crippen molar-refractivity contribution in [3.8, 4) is 0 Å². The highest BCUT2D eigenvalue weighted by Gasteiger charge is 2.44. The molecule has 0 unspecified atom stereocenters. The molecule has 0 spiro atoms. The minimum absolute atomic E-state index is 0. The third-order valence-corrected chi connectivity index (χ3v) is 5.38. The largest absolute Gasteiger partial charge is 0.370 e. The van der Waals surface area contributed by atoms with E-state index in [2.05, 4.69) is 22.0 Å². The molecule has 1 saturated carbocycles. The average Bonchev–Trinajstić information content (AvgIpc) is 3.27. The van der Waals surface area contributed by atoms with Gasteiger partial charge in [-0.05, 0) is 30.5 Å². The molecule has 2 fully saturated rings. The van der Waals surface area contributed by atoms with Crippen LogP contribution in [-0.4, -0.2) is 42.0 Å². The van der Waals surface area contributed by atoms with Gasteiger partial charge in [0.2, 0.25) is 0 Å². The number of thioether (sulfide) groups is 1. The SMILES string of the molecule is I.NC(=NCC1(c2ccc(Cl)cc2)CC1)N1CCSCC1. The van der Waals surface area contributed by atoms with Crippen LogP contribution in [0.1, 0.15) is 18.4 Å². The zero-order chi connectivity index (χ0) is 14.0. The van der Waals surface area contributed by atoms with Crippen LogP contribution in [0.5, 0.6) is 0 Å². The summed E-state index contributed by atoms with van der Waals surface area (Å²) >= 11 is 7.94. The number of rotatable bonds is 3. The van der Waals surface area contributed by atoms with Crippen LogP contribution in [-0.2, 0) is 5.41 Å². The molecule has 1 saturated heterocycles. The molecule has 116 valence electrons. The van der Waals surface area contributed by atoms with Crippen molar-refractivity contribution in [1.82, 2.24) is 4.90 Å². The van der Waals surface area contributed by atoms with Crippen LogP contribution < -0.4 is 5.73 Å². The Hall–Kier alpha value is -0.140. The summed E-state index contributed by atoms with van der Waals surface area (Å²) in [5.41, 5.74) is 7.68. The summed E-state index contributed by atoms with van der Waals surface area (Å²) in [6, 6.07) is 8.18. The van der Waals surface area contributed by atoms with Gasteiger partial charge in [-0.1, -0.05) is 23.7 Å². The molecule has 21 heavy (non-hydrogen) atoms. The van der Waals surface area contributed by atoms with Crippen molar-refractivity contribution < 1.29 is 0 Å². The van der Waals surface area contributed by atoms with Crippen molar-refractivity contribution in [1.29, 1.82) is 0 Å². The molecule has 2 N–H and O–H groups in total. The first-order valence-electron chi connectivity index (χ1n) is 7.08. The highest BCUT2D eigenvalue weighted by atomic mass is 127. The number of benzene rings is 1. The molecule has 0 radical (unpaired) electrons. The van der Waals surface area contributed by atoms with Gasteiger partial charge in [0.1, 0.15) is 0 Å². The van der Waals surface area contributed by atoms with E-state index < -0.39 is 0 Å². The van der Waals surface area contributed by atoms with Crippen LogP contribution in [0.25, 0.3) is 0 Å². The van der Waals surface area contributed by atoms with Crippen LogP contribution in [0.3, 0.4) is 0 Å². The highest BCUT2D eigenvalue weighted by Crippen LogP contribution is 2.48. The predicted molar refractivity (Wildman–Crippen MR) is 103 cm³/mol. The lowest BCUT2D eigenvalue weighted by Gasteiger charge is -2.27. The molecule has 1 aromatic carbocycles. The quantitative estimate of drug-likeness (QED) is 0.448. The maximum Gasteiger partial charge on any atom is 0.191 e. The molecule has 6 heteroatoms. The van der Waals surface area contributed by atoms with Gasteiger partial charge in [0.25, 0.3) is 0 Å². The Kier molecular flexibility index (Phi) is 6.08. The molecule has 2 aliphatic rings. The maximum absolute atomic E-state index is 6.13. The first-order valence-corrected chi connectivity index (χ1v) is 8.62. The molecule has 0 bridgehead atoms. The number of nitrogens with two attached hydrogens (primary N) is 1. The van der Waals surface area contributed by atoms with Crippen molar-refractivity contribution in [2.45, 2.75) is 18.3 Å². The van der Waals surface area contributed by atoms with Crippen LogP contribution in [0, 0.1) is 0 Å².